The first-order valence-corrected chi connectivity index (χ1v) is 9.86. The molecule has 0 saturated heterocycles. The van der Waals surface area contributed by atoms with Crippen LogP contribution in [-0.2, 0) is 11.4 Å². The van der Waals surface area contributed by atoms with E-state index in [0.717, 1.165) is 10.0 Å². The van der Waals surface area contributed by atoms with Gasteiger partial charge >= 0.3 is 0 Å². The molecule has 0 atom stereocenters. The molecule has 0 aliphatic rings. The van der Waals surface area contributed by atoms with Gasteiger partial charge < -0.3 is 10.1 Å². The van der Waals surface area contributed by atoms with Gasteiger partial charge in [0.05, 0.1) is 0 Å². The second-order valence-electron chi connectivity index (χ2n) is 6.12. The van der Waals surface area contributed by atoms with Gasteiger partial charge in [-0.2, -0.15) is 5.26 Å². The Morgan fingerprint density at radius 3 is 2.52 bits per heavy atom. The fraction of sp³-hybridized carbons (Fsp3) is 0.0435. The van der Waals surface area contributed by atoms with Gasteiger partial charge in [0.15, 0.2) is 0 Å². The predicted octanol–water partition coefficient (Wildman–Crippen LogP) is 6.23. The van der Waals surface area contributed by atoms with Crippen LogP contribution in [0, 0.1) is 11.3 Å². The van der Waals surface area contributed by atoms with Gasteiger partial charge in [-0.05, 0) is 65.7 Å². The Balaban J connectivity index is 1.69. The van der Waals surface area contributed by atoms with Gasteiger partial charge in [0.25, 0.3) is 5.91 Å². The molecule has 4 nitrogen and oxygen atoms in total. The van der Waals surface area contributed by atoms with E-state index in [0.29, 0.717) is 28.6 Å². The number of hydrogen-bond acceptors (Lipinski definition) is 3. The summed E-state index contributed by atoms with van der Waals surface area (Å²) in [6.45, 7) is 0.388. The van der Waals surface area contributed by atoms with Crippen molar-refractivity contribution >= 4 is 45.2 Å². The molecule has 0 aromatic heterocycles. The number of anilines is 1. The van der Waals surface area contributed by atoms with Crippen LogP contribution in [0.15, 0.2) is 82.8 Å². The number of nitrogens with one attached hydrogen (secondary N) is 1. The van der Waals surface area contributed by atoms with Gasteiger partial charge in [-0.1, -0.05) is 51.8 Å². The molecule has 0 heterocycles. The third-order valence-electron chi connectivity index (χ3n) is 3.96. The fourth-order valence-corrected chi connectivity index (χ4v) is 2.88. The number of halogens is 2. The van der Waals surface area contributed by atoms with E-state index >= 15 is 0 Å². The van der Waals surface area contributed by atoms with Crippen LogP contribution in [0.25, 0.3) is 6.08 Å². The average Bonchev–Trinajstić information content (AvgIpc) is 2.73. The average molecular weight is 468 g/mol. The molecule has 1 N–H and O–H groups in total. The van der Waals surface area contributed by atoms with Gasteiger partial charge in [0.2, 0.25) is 0 Å². The van der Waals surface area contributed by atoms with Crippen LogP contribution < -0.4 is 10.1 Å². The Bertz CT molecular complexity index is 1070. The van der Waals surface area contributed by atoms with Crippen molar-refractivity contribution in [3.05, 3.63) is 99.0 Å². The lowest BCUT2D eigenvalue weighted by atomic mass is 10.1. The molecule has 1 amide bonds. The summed E-state index contributed by atoms with van der Waals surface area (Å²) in [6, 6.07) is 23.7. The third kappa shape index (κ3) is 6.21. The molecule has 6 heteroatoms. The zero-order chi connectivity index (χ0) is 20.6. The summed E-state index contributed by atoms with van der Waals surface area (Å²) in [5, 5.41) is 12.8. The Morgan fingerprint density at radius 1 is 1.10 bits per heavy atom. The van der Waals surface area contributed by atoms with Crippen LogP contribution in [0.2, 0.25) is 5.02 Å². The summed E-state index contributed by atoms with van der Waals surface area (Å²) in [5.41, 5.74) is 2.30. The third-order valence-corrected chi connectivity index (χ3v) is 4.74. The summed E-state index contributed by atoms with van der Waals surface area (Å²) >= 11 is 9.23. The van der Waals surface area contributed by atoms with Crippen molar-refractivity contribution in [1.82, 2.24) is 0 Å². The minimum absolute atomic E-state index is 0.00256. The number of nitriles is 1. The second-order valence-corrected chi connectivity index (χ2v) is 7.47. The molecule has 0 fully saturated rings. The maximum absolute atomic E-state index is 12.4. The summed E-state index contributed by atoms with van der Waals surface area (Å²) < 4.78 is 6.70. The van der Waals surface area contributed by atoms with Gasteiger partial charge in [-0.3, -0.25) is 4.79 Å². The Labute approximate surface area is 182 Å². The Morgan fingerprint density at radius 2 is 1.83 bits per heavy atom. The minimum Gasteiger partial charge on any atom is -0.489 e. The lowest BCUT2D eigenvalue weighted by Crippen LogP contribution is -2.13. The molecule has 0 unspecified atom stereocenters. The number of amides is 1. The number of carbonyl (C=O) groups is 1. The highest BCUT2D eigenvalue weighted by molar-refractivity contribution is 9.10. The van der Waals surface area contributed by atoms with Gasteiger partial charge in [0.1, 0.15) is 24.0 Å². The minimum atomic E-state index is -0.470. The molecule has 3 rings (SSSR count). The van der Waals surface area contributed by atoms with E-state index in [2.05, 4.69) is 21.2 Å². The van der Waals surface area contributed by atoms with Crippen LogP contribution in [0.1, 0.15) is 11.1 Å². The highest BCUT2D eigenvalue weighted by atomic mass is 79.9. The number of benzene rings is 3. The van der Waals surface area contributed by atoms with Crippen LogP contribution in [0.4, 0.5) is 5.69 Å². The van der Waals surface area contributed by atoms with E-state index in [1.54, 1.807) is 24.3 Å². The number of hydrogen-bond donors (Lipinski definition) is 1. The van der Waals surface area contributed by atoms with Crippen molar-refractivity contribution in [3.8, 4) is 11.8 Å². The topological polar surface area (TPSA) is 62.1 Å². The molecule has 29 heavy (non-hydrogen) atoms. The first kappa shape index (κ1) is 20.7. The SMILES string of the molecule is N#C/C(=C\c1cccc(OCc2ccc(Cl)cc2)c1)C(=O)Nc1ccc(Br)cc1. The Kier molecular flexibility index (Phi) is 7.07. The summed E-state index contributed by atoms with van der Waals surface area (Å²) in [4.78, 5) is 12.4. The number of ether oxygens (including phenoxy) is 1. The molecule has 0 aliphatic carbocycles. The van der Waals surface area contributed by atoms with Gasteiger partial charge in [0, 0.05) is 15.2 Å². The van der Waals surface area contributed by atoms with E-state index in [9.17, 15) is 10.1 Å². The maximum atomic E-state index is 12.4. The van der Waals surface area contributed by atoms with Gasteiger partial charge in [-0.15, -0.1) is 0 Å². The molecule has 0 bridgehead atoms. The summed E-state index contributed by atoms with van der Waals surface area (Å²) in [5.74, 6) is 0.168. The van der Waals surface area contributed by atoms with E-state index in [-0.39, 0.29) is 5.57 Å². The lowest BCUT2D eigenvalue weighted by molar-refractivity contribution is -0.112. The number of carbonyl (C=O) groups excluding carboxylic acids is 1. The van der Waals surface area contributed by atoms with Crippen molar-refractivity contribution < 1.29 is 9.53 Å². The van der Waals surface area contributed by atoms with E-state index in [4.69, 9.17) is 16.3 Å². The molecule has 0 saturated carbocycles. The van der Waals surface area contributed by atoms with Crippen LogP contribution in [0.3, 0.4) is 0 Å². The first-order chi connectivity index (χ1) is 14.0. The molecular formula is C23H16BrClN2O2. The molecule has 0 aliphatic heterocycles. The van der Waals surface area contributed by atoms with Crippen molar-refractivity contribution in [1.29, 1.82) is 5.26 Å². The molecule has 3 aromatic carbocycles. The summed E-state index contributed by atoms with van der Waals surface area (Å²) in [7, 11) is 0. The molecule has 0 radical (unpaired) electrons. The zero-order valence-electron chi connectivity index (χ0n) is 15.2. The normalized spacial score (nSPS) is 10.9. The first-order valence-electron chi connectivity index (χ1n) is 8.69. The highest BCUT2D eigenvalue weighted by Crippen LogP contribution is 2.19. The monoisotopic (exact) mass is 466 g/mol. The molecule has 3 aromatic rings. The predicted molar refractivity (Wildman–Crippen MR) is 119 cm³/mol. The van der Waals surface area contributed by atoms with E-state index in [1.807, 2.05) is 54.6 Å². The maximum Gasteiger partial charge on any atom is 0.266 e. The molecule has 0 spiro atoms. The van der Waals surface area contributed by atoms with Crippen molar-refractivity contribution in [2.24, 2.45) is 0 Å². The molecular weight excluding hydrogens is 452 g/mol. The Hall–Kier alpha value is -3.07. The highest BCUT2D eigenvalue weighted by Gasteiger charge is 2.10. The lowest BCUT2D eigenvalue weighted by Gasteiger charge is -2.08. The van der Waals surface area contributed by atoms with E-state index in [1.165, 1.54) is 6.08 Å². The summed E-state index contributed by atoms with van der Waals surface area (Å²) in [6.07, 6.45) is 1.53. The zero-order valence-corrected chi connectivity index (χ0v) is 17.6. The molecule has 144 valence electrons. The number of rotatable bonds is 6. The van der Waals surface area contributed by atoms with Gasteiger partial charge in [-0.25, -0.2) is 0 Å². The van der Waals surface area contributed by atoms with Crippen LogP contribution in [0.5, 0.6) is 5.75 Å². The van der Waals surface area contributed by atoms with Crippen molar-refractivity contribution in [2.45, 2.75) is 6.61 Å². The number of nitrogens with zero attached hydrogens (tertiary/aromatic N) is 1. The fourth-order valence-electron chi connectivity index (χ4n) is 2.49. The van der Waals surface area contributed by atoms with Crippen LogP contribution in [-0.4, -0.2) is 5.91 Å². The van der Waals surface area contributed by atoms with Crippen molar-refractivity contribution in [2.75, 3.05) is 5.32 Å². The smallest absolute Gasteiger partial charge is 0.266 e. The van der Waals surface area contributed by atoms with Crippen molar-refractivity contribution in [3.63, 3.8) is 0 Å². The quantitative estimate of drug-likeness (QED) is 0.345. The standard InChI is InChI=1S/C23H16BrClN2O2/c24-19-6-10-21(11-7-19)27-23(28)18(14-26)12-17-2-1-3-22(13-17)29-15-16-4-8-20(25)9-5-16/h1-13H,15H2,(H,27,28)/b18-12+. The second kappa shape index (κ2) is 9.92. The largest absolute Gasteiger partial charge is 0.489 e. The van der Waals surface area contributed by atoms with E-state index < -0.39 is 5.91 Å². The van der Waals surface area contributed by atoms with Crippen LogP contribution >= 0.6 is 27.5 Å².